The lowest BCUT2D eigenvalue weighted by molar-refractivity contribution is 0.211. The van der Waals surface area contributed by atoms with Gasteiger partial charge in [0.15, 0.2) is 0 Å². The molecule has 0 aromatic heterocycles. The molecule has 0 radical (unpaired) electrons. The van der Waals surface area contributed by atoms with Crippen molar-refractivity contribution in [2.45, 2.75) is 11.5 Å². The second-order valence-corrected chi connectivity index (χ2v) is 9.79. The van der Waals surface area contributed by atoms with E-state index >= 15 is 0 Å². The molecular weight excluding hydrogens is 411 g/mol. The molecule has 0 N–H and O–H groups in total. The molecule has 0 saturated heterocycles. The number of rotatable bonds is 7. The van der Waals surface area contributed by atoms with Crippen LogP contribution < -0.4 is 10.6 Å². The van der Waals surface area contributed by atoms with Crippen LogP contribution >= 0.6 is 19.0 Å². The first-order valence-electron chi connectivity index (χ1n) is 9.82. The van der Waals surface area contributed by atoms with E-state index in [0.29, 0.717) is 10.6 Å². The molecule has 4 heteroatoms. The highest BCUT2D eigenvalue weighted by atomic mass is 35.5. The summed E-state index contributed by atoms with van der Waals surface area (Å²) in [5, 5.41) is 0.789. The molecule has 4 rings (SSSR count). The van der Waals surface area contributed by atoms with Crippen molar-refractivity contribution in [1.29, 1.82) is 0 Å². The van der Waals surface area contributed by atoms with Gasteiger partial charge in [-0.3, -0.25) is 4.57 Å². The quantitative estimate of drug-likeness (QED) is 0.241. The van der Waals surface area contributed by atoms with Gasteiger partial charge < -0.3 is 4.52 Å². The molecule has 0 fully saturated rings. The zero-order chi connectivity index (χ0) is 20.8. The summed E-state index contributed by atoms with van der Waals surface area (Å²) in [4.78, 5) is 0. The Bertz CT molecular complexity index is 1060. The molecule has 0 unspecified atom stereocenters. The molecule has 0 aliphatic rings. The van der Waals surface area contributed by atoms with Gasteiger partial charge in [-0.25, -0.2) is 0 Å². The van der Waals surface area contributed by atoms with Crippen molar-refractivity contribution in [1.82, 2.24) is 0 Å². The number of halogens is 1. The SMILES string of the molecule is O=P(O[C@H](c1ccccc1)[C@@H](Cl)c1ccccc1)(c1ccccc1)c1ccccc1. The highest BCUT2D eigenvalue weighted by Crippen LogP contribution is 2.53. The van der Waals surface area contributed by atoms with Crippen LogP contribution in [0.1, 0.15) is 22.6 Å². The minimum Gasteiger partial charge on any atom is -0.312 e. The summed E-state index contributed by atoms with van der Waals surface area (Å²) in [6, 6.07) is 38.2. The van der Waals surface area contributed by atoms with Gasteiger partial charge in [0.05, 0.1) is 5.38 Å². The maximum atomic E-state index is 14.5. The number of benzene rings is 4. The Morgan fingerprint density at radius 3 is 1.37 bits per heavy atom. The molecule has 4 aromatic rings. The zero-order valence-electron chi connectivity index (χ0n) is 16.3. The smallest absolute Gasteiger partial charge is 0.261 e. The number of hydrogen-bond acceptors (Lipinski definition) is 2. The molecule has 0 amide bonds. The Morgan fingerprint density at radius 1 is 0.567 bits per heavy atom. The summed E-state index contributed by atoms with van der Waals surface area (Å²) >= 11 is 6.94. The first-order chi connectivity index (χ1) is 14.7. The van der Waals surface area contributed by atoms with Crippen LogP contribution in [0.5, 0.6) is 0 Å². The van der Waals surface area contributed by atoms with Gasteiger partial charge in [0.25, 0.3) is 7.37 Å². The summed E-state index contributed by atoms with van der Waals surface area (Å²) in [5.74, 6) is 0. The van der Waals surface area contributed by atoms with Gasteiger partial charge in [-0.2, -0.15) is 0 Å². The van der Waals surface area contributed by atoms with Crippen molar-refractivity contribution in [2.24, 2.45) is 0 Å². The third-order valence-electron chi connectivity index (χ3n) is 4.97. The molecule has 30 heavy (non-hydrogen) atoms. The van der Waals surface area contributed by atoms with Crippen LogP contribution in [-0.4, -0.2) is 0 Å². The van der Waals surface area contributed by atoms with E-state index in [2.05, 4.69) is 0 Å². The maximum Gasteiger partial charge on any atom is 0.261 e. The summed E-state index contributed by atoms with van der Waals surface area (Å²) < 4.78 is 21.0. The van der Waals surface area contributed by atoms with Crippen molar-refractivity contribution in [3.8, 4) is 0 Å². The minimum absolute atomic E-state index is 0.505. The van der Waals surface area contributed by atoms with E-state index in [1.165, 1.54) is 0 Å². The number of hydrogen-bond donors (Lipinski definition) is 0. The van der Waals surface area contributed by atoms with Crippen molar-refractivity contribution < 1.29 is 9.09 Å². The molecule has 4 aromatic carbocycles. The van der Waals surface area contributed by atoms with Crippen LogP contribution in [0, 0.1) is 0 Å². The van der Waals surface area contributed by atoms with E-state index in [1.807, 2.05) is 121 Å². The average Bonchev–Trinajstić information content (AvgIpc) is 2.84. The van der Waals surface area contributed by atoms with Crippen molar-refractivity contribution in [3.05, 3.63) is 132 Å². The molecular formula is C26H22ClO2P. The minimum atomic E-state index is -3.40. The lowest BCUT2D eigenvalue weighted by atomic mass is 10.0. The summed E-state index contributed by atoms with van der Waals surface area (Å²) in [5.41, 5.74) is 1.80. The second kappa shape index (κ2) is 9.45. The largest absolute Gasteiger partial charge is 0.312 e. The monoisotopic (exact) mass is 432 g/mol. The van der Waals surface area contributed by atoms with Gasteiger partial charge in [0.1, 0.15) is 6.10 Å². The lowest BCUT2D eigenvalue weighted by Crippen LogP contribution is -2.21. The van der Waals surface area contributed by atoms with Crippen LogP contribution in [0.25, 0.3) is 0 Å². The van der Waals surface area contributed by atoms with Crippen LogP contribution in [0.2, 0.25) is 0 Å². The van der Waals surface area contributed by atoms with E-state index in [9.17, 15) is 4.57 Å². The second-order valence-electron chi connectivity index (χ2n) is 6.97. The summed E-state index contributed by atoms with van der Waals surface area (Å²) in [6.45, 7) is 0. The van der Waals surface area contributed by atoms with Crippen LogP contribution in [0.15, 0.2) is 121 Å². The van der Waals surface area contributed by atoms with E-state index in [4.69, 9.17) is 16.1 Å². The third-order valence-corrected chi connectivity index (χ3v) is 7.93. The van der Waals surface area contributed by atoms with E-state index < -0.39 is 18.8 Å². The Hall–Kier alpha value is -2.64. The Kier molecular flexibility index (Phi) is 6.50. The Balaban J connectivity index is 1.82. The van der Waals surface area contributed by atoms with Crippen LogP contribution in [-0.2, 0) is 9.09 Å². The summed E-state index contributed by atoms with van der Waals surface area (Å²) in [6.07, 6.45) is -0.596. The fourth-order valence-electron chi connectivity index (χ4n) is 3.42. The average molecular weight is 433 g/mol. The van der Waals surface area contributed by atoms with Gasteiger partial charge in [0, 0.05) is 10.6 Å². The topological polar surface area (TPSA) is 26.3 Å². The lowest BCUT2D eigenvalue weighted by Gasteiger charge is -2.29. The first kappa shape index (κ1) is 20.6. The van der Waals surface area contributed by atoms with Crippen molar-refractivity contribution >= 4 is 29.6 Å². The van der Waals surface area contributed by atoms with E-state index in [0.717, 1.165) is 11.1 Å². The Morgan fingerprint density at radius 2 is 0.933 bits per heavy atom. The summed E-state index contributed by atoms with van der Waals surface area (Å²) in [7, 11) is -3.40. The molecule has 0 saturated carbocycles. The predicted molar refractivity (Wildman–Crippen MR) is 125 cm³/mol. The van der Waals surface area contributed by atoms with Gasteiger partial charge in [-0.05, 0) is 35.4 Å². The molecule has 0 aliphatic carbocycles. The molecule has 150 valence electrons. The maximum absolute atomic E-state index is 14.5. The third kappa shape index (κ3) is 4.42. The highest BCUT2D eigenvalue weighted by Gasteiger charge is 2.36. The molecule has 0 bridgehead atoms. The van der Waals surface area contributed by atoms with Crippen molar-refractivity contribution in [3.63, 3.8) is 0 Å². The molecule has 2 atom stereocenters. The standard InChI is InChI=1S/C26H22ClO2P/c27-25(21-13-5-1-6-14-21)26(22-15-7-2-8-16-22)29-30(28,23-17-9-3-10-18-23)24-19-11-4-12-20-24/h1-20,25-26H/t25-,26+/m0/s1. The molecule has 0 spiro atoms. The van der Waals surface area contributed by atoms with E-state index in [1.54, 1.807) is 0 Å². The normalized spacial score (nSPS) is 13.5. The van der Waals surface area contributed by atoms with Gasteiger partial charge >= 0.3 is 0 Å². The van der Waals surface area contributed by atoms with Crippen LogP contribution in [0.4, 0.5) is 0 Å². The highest BCUT2D eigenvalue weighted by molar-refractivity contribution is 7.74. The predicted octanol–water partition coefficient (Wildman–Crippen LogP) is 6.65. The number of alkyl halides is 1. The van der Waals surface area contributed by atoms with Gasteiger partial charge in [0.2, 0.25) is 0 Å². The van der Waals surface area contributed by atoms with Crippen LogP contribution in [0.3, 0.4) is 0 Å². The molecule has 2 nitrogen and oxygen atoms in total. The van der Waals surface area contributed by atoms with Gasteiger partial charge in [-0.1, -0.05) is 97.1 Å². The van der Waals surface area contributed by atoms with Crippen molar-refractivity contribution in [2.75, 3.05) is 0 Å². The van der Waals surface area contributed by atoms with E-state index in [-0.39, 0.29) is 0 Å². The first-order valence-corrected chi connectivity index (χ1v) is 11.9. The van der Waals surface area contributed by atoms with Gasteiger partial charge in [-0.15, -0.1) is 11.6 Å². The molecule has 0 heterocycles. The fourth-order valence-corrected chi connectivity index (χ4v) is 6.07. The zero-order valence-corrected chi connectivity index (χ0v) is 18.0. The molecule has 0 aliphatic heterocycles. The Labute approximate surface area is 182 Å². The fraction of sp³-hybridized carbons (Fsp3) is 0.0769.